The van der Waals surface area contributed by atoms with Crippen LogP contribution in [-0.2, 0) is 0 Å². The first-order valence-corrected chi connectivity index (χ1v) is 7.98. The van der Waals surface area contributed by atoms with E-state index in [2.05, 4.69) is 33.8 Å². The van der Waals surface area contributed by atoms with Crippen molar-refractivity contribution in [1.29, 1.82) is 0 Å². The summed E-state index contributed by atoms with van der Waals surface area (Å²) in [7, 11) is 0. The normalized spacial score (nSPS) is 35.1. The van der Waals surface area contributed by atoms with Gasteiger partial charge < -0.3 is 0 Å². The first kappa shape index (κ1) is 14.8. The van der Waals surface area contributed by atoms with E-state index < -0.39 is 0 Å². The summed E-state index contributed by atoms with van der Waals surface area (Å²) in [6.45, 7) is 9.52. The lowest BCUT2D eigenvalue weighted by atomic mass is 9.56. The van der Waals surface area contributed by atoms with E-state index in [1.54, 1.807) is 12.2 Å². The lowest BCUT2D eigenvalue weighted by Gasteiger charge is -2.49. The molecule has 0 amide bonds. The highest BCUT2D eigenvalue weighted by molar-refractivity contribution is 5.20. The molecular formula is C18H29F. The Bertz CT molecular complexity index is 358. The van der Waals surface area contributed by atoms with E-state index in [-0.39, 0.29) is 5.83 Å². The van der Waals surface area contributed by atoms with Crippen LogP contribution in [0, 0.1) is 29.1 Å². The average Bonchev–Trinajstić information content (AvgIpc) is 2.39. The number of hydrogen-bond donors (Lipinski definition) is 0. The maximum Gasteiger partial charge on any atom is 0.118 e. The number of rotatable bonds is 3. The lowest BCUT2D eigenvalue weighted by Crippen LogP contribution is -2.41. The summed E-state index contributed by atoms with van der Waals surface area (Å²) >= 11 is 0. The molecule has 2 aliphatic rings. The molecule has 0 aliphatic heterocycles. The van der Waals surface area contributed by atoms with Gasteiger partial charge in [0.05, 0.1) is 0 Å². The number of hydrogen-bond acceptors (Lipinski definition) is 0. The zero-order valence-electron chi connectivity index (χ0n) is 13.0. The summed E-state index contributed by atoms with van der Waals surface area (Å²) in [4.78, 5) is 0. The fraction of sp³-hybridized carbons (Fsp3) is 0.778. The van der Waals surface area contributed by atoms with Crippen molar-refractivity contribution in [2.45, 2.75) is 59.8 Å². The minimum absolute atomic E-state index is 0.0559. The van der Waals surface area contributed by atoms with Crippen molar-refractivity contribution < 1.29 is 4.39 Å². The van der Waals surface area contributed by atoms with E-state index in [9.17, 15) is 4.39 Å². The molecule has 0 aromatic heterocycles. The third-order valence-corrected chi connectivity index (χ3v) is 5.99. The van der Waals surface area contributed by atoms with Gasteiger partial charge in [-0.05, 0) is 60.5 Å². The predicted molar refractivity (Wildman–Crippen MR) is 80.5 cm³/mol. The summed E-state index contributed by atoms with van der Waals surface area (Å²) in [6.07, 6.45) is 11.9. The van der Waals surface area contributed by atoms with Gasteiger partial charge in [-0.2, -0.15) is 0 Å². The summed E-state index contributed by atoms with van der Waals surface area (Å²) in [6, 6.07) is 0. The molecule has 1 saturated carbocycles. The van der Waals surface area contributed by atoms with Crippen LogP contribution < -0.4 is 0 Å². The number of allylic oxidation sites excluding steroid dienone is 4. The van der Waals surface area contributed by atoms with Gasteiger partial charge >= 0.3 is 0 Å². The fourth-order valence-electron chi connectivity index (χ4n) is 4.14. The molecule has 0 radical (unpaired) electrons. The van der Waals surface area contributed by atoms with Crippen LogP contribution in [-0.4, -0.2) is 0 Å². The van der Waals surface area contributed by atoms with Gasteiger partial charge in [0.25, 0.3) is 0 Å². The zero-order chi connectivity index (χ0) is 14.0. The summed E-state index contributed by atoms with van der Waals surface area (Å²) in [5.74, 6) is 2.79. The Hall–Kier alpha value is -0.590. The molecule has 2 rings (SSSR count). The van der Waals surface area contributed by atoms with Crippen molar-refractivity contribution in [3.8, 4) is 0 Å². The van der Waals surface area contributed by atoms with Crippen LogP contribution in [0.3, 0.4) is 0 Å². The van der Waals surface area contributed by atoms with Crippen molar-refractivity contribution >= 4 is 0 Å². The Balaban J connectivity index is 2.16. The second-order valence-corrected chi connectivity index (χ2v) is 7.27. The van der Waals surface area contributed by atoms with E-state index in [0.717, 1.165) is 18.3 Å². The van der Waals surface area contributed by atoms with Crippen molar-refractivity contribution in [3.63, 3.8) is 0 Å². The van der Waals surface area contributed by atoms with Crippen LogP contribution in [0.5, 0.6) is 0 Å². The van der Waals surface area contributed by atoms with E-state index in [0.29, 0.717) is 17.3 Å². The van der Waals surface area contributed by atoms with Crippen LogP contribution >= 0.6 is 0 Å². The van der Waals surface area contributed by atoms with Crippen molar-refractivity contribution in [1.82, 2.24) is 0 Å². The van der Waals surface area contributed by atoms with E-state index in [1.165, 1.54) is 25.7 Å². The molecule has 0 nitrogen and oxygen atoms in total. The van der Waals surface area contributed by atoms with Crippen molar-refractivity contribution in [2.75, 3.05) is 0 Å². The molecule has 1 heteroatoms. The maximum absolute atomic E-state index is 13.2. The minimum atomic E-state index is -0.0559. The van der Waals surface area contributed by atoms with Gasteiger partial charge in [-0.3, -0.25) is 0 Å². The van der Waals surface area contributed by atoms with Crippen LogP contribution in [0.2, 0.25) is 0 Å². The third-order valence-electron chi connectivity index (χ3n) is 5.99. The van der Waals surface area contributed by atoms with Crippen molar-refractivity contribution in [2.24, 2.45) is 29.1 Å². The molecule has 0 saturated heterocycles. The Labute approximate surface area is 118 Å². The average molecular weight is 264 g/mol. The first-order valence-electron chi connectivity index (χ1n) is 7.98. The second kappa shape index (κ2) is 5.81. The topological polar surface area (TPSA) is 0 Å². The van der Waals surface area contributed by atoms with Crippen LogP contribution in [0.4, 0.5) is 4.39 Å². The van der Waals surface area contributed by atoms with Crippen LogP contribution in [0.15, 0.2) is 24.1 Å². The molecule has 19 heavy (non-hydrogen) atoms. The Morgan fingerprint density at radius 3 is 2.32 bits per heavy atom. The standard InChI is InChI=1S/C18H29F/c1-13(2)18(4,15-7-5-14(3)6-8-15)16-9-11-17(19)12-10-16/h9,11-16H,5-8,10H2,1-4H3. The highest BCUT2D eigenvalue weighted by Crippen LogP contribution is 2.51. The first-order chi connectivity index (χ1) is 8.94. The Kier molecular flexibility index (Phi) is 4.53. The van der Waals surface area contributed by atoms with Gasteiger partial charge in [-0.15, -0.1) is 0 Å². The van der Waals surface area contributed by atoms with Crippen LogP contribution in [0.1, 0.15) is 59.8 Å². The lowest BCUT2D eigenvalue weighted by molar-refractivity contribution is 0.0266. The SMILES string of the molecule is CC1CCC(C(C)(C(C)C)C2C=CC(F)=CC2)CC1. The zero-order valence-corrected chi connectivity index (χ0v) is 13.0. The highest BCUT2D eigenvalue weighted by Gasteiger charge is 2.43. The molecule has 1 fully saturated rings. The van der Waals surface area contributed by atoms with E-state index in [1.807, 2.05) is 0 Å². The highest BCUT2D eigenvalue weighted by atomic mass is 19.1. The predicted octanol–water partition coefficient (Wildman–Crippen LogP) is 5.90. The summed E-state index contributed by atoms with van der Waals surface area (Å²) in [5.41, 5.74) is 0.313. The van der Waals surface area contributed by atoms with Gasteiger partial charge in [0.15, 0.2) is 0 Å². The maximum atomic E-state index is 13.2. The molecule has 0 bridgehead atoms. The van der Waals surface area contributed by atoms with Crippen molar-refractivity contribution in [3.05, 3.63) is 24.1 Å². The summed E-state index contributed by atoms with van der Waals surface area (Å²) < 4.78 is 13.2. The third kappa shape index (κ3) is 2.95. The molecule has 0 heterocycles. The molecule has 0 N–H and O–H groups in total. The monoisotopic (exact) mass is 264 g/mol. The van der Waals surface area contributed by atoms with Gasteiger partial charge in [0, 0.05) is 0 Å². The Morgan fingerprint density at radius 1 is 1.21 bits per heavy atom. The molecule has 0 aromatic carbocycles. The molecule has 0 aromatic rings. The minimum Gasteiger partial charge on any atom is -0.207 e. The van der Waals surface area contributed by atoms with Gasteiger partial charge in [-0.1, -0.05) is 46.6 Å². The van der Waals surface area contributed by atoms with Gasteiger partial charge in [0.1, 0.15) is 5.83 Å². The molecule has 2 unspecified atom stereocenters. The smallest absolute Gasteiger partial charge is 0.118 e. The molecule has 2 atom stereocenters. The molecule has 108 valence electrons. The fourth-order valence-corrected chi connectivity index (χ4v) is 4.14. The Morgan fingerprint density at radius 2 is 1.84 bits per heavy atom. The van der Waals surface area contributed by atoms with Gasteiger partial charge in [0.2, 0.25) is 0 Å². The van der Waals surface area contributed by atoms with Gasteiger partial charge in [-0.25, -0.2) is 4.39 Å². The molecular weight excluding hydrogens is 235 g/mol. The molecule has 0 spiro atoms. The molecule has 2 aliphatic carbocycles. The quantitative estimate of drug-likeness (QED) is 0.595. The van der Waals surface area contributed by atoms with E-state index >= 15 is 0 Å². The van der Waals surface area contributed by atoms with Crippen LogP contribution in [0.25, 0.3) is 0 Å². The largest absolute Gasteiger partial charge is 0.207 e. The van der Waals surface area contributed by atoms with E-state index in [4.69, 9.17) is 0 Å². The number of halogens is 1. The summed E-state index contributed by atoms with van der Waals surface area (Å²) in [5, 5.41) is 0. The second-order valence-electron chi connectivity index (χ2n) is 7.27.